The zero-order valence-electron chi connectivity index (χ0n) is 28.9. The monoisotopic (exact) mass is 662 g/mol. The Balaban J connectivity index is 0.000000271. The Bertz CT molecular complexity index is 1520. The van der Waals surface area contributed by atoms with E-state index < -0.39 is 34.4 Å². The van der Waals surface area contributed by atoms with Gasteiger partial charge < -0.3 is 30.2 Å². The molecule has 2 heterocycles. The summed E-state index contributed by atoms with van der Waals surface area (Å²) in [7, 11) is 3.79. The molecule has 4 rings (SSSR count). The number of carboxylic acids is 2. The van der Waals surface area contributed by atoms with Crippen molar-refractivity contribution in [1.29, 1.82) is 0 Å². The van der Waals surface area contributed by atoms with Gasteiger partial charge in [-0.05, 0) is 103 Å². The van der Waals surface area contributed by atoms with Gasteiger partial charge in [-0.3, -0.25) is 25.0 Å². The van der Waals surface area contributed by atoms with Crippen molar-refractivity contribution in [2.45, 2.75) is 67.5 Å². The van der Waals surface area contributed by atoms with Crippen molar-refractivity contribution >= 4 is 29.0 Å². The molecule has 15 heteroatoms. The van der Waals surface area contributed by atoms with Crippen LogP contribution in [0.5, 0.6) is 0 Å². The molecule has 0 bridgehead atoms. The third-order valence-electron chi connectivity index (χ3n) is 9.40. The summed E-state index contributed by atoms with van der Waals surface area (Å²) in [5.74, 6) is -2.43. The topological polar surface area (TPSA) is 183 Å². The molecular weight excluding hydrogens is 615 g/mol. The molecule has 2 aromatic rings. The van der Waals surface area contributed by atoms with Crippen LogP contribution in [0.25, 0.3) is 0 Å². The van der Waals surface area contributed by atoms with Gasteiger partial charge in [-0.1, -0.05) is 0 Å². The van der Waals surface area contributed by atoms with Gasteiger partial charge in [-0.25, -0.2) is 4.79 Å². The SMILES string of the molecule is CN1CCNC(C(=O)O)C1.Cc1c(C)c(C)c([N+](=O)[O-])c(F)c1C.Cc1c(C)c(C)c([N+](=O)[O-])c(N2CCN(C)CC2C(=O)O)c1C. The first-order chi connectivity index (χ1) is 21.7. The minimum Gasteiger partial charge on any atom is -0.480 e. The number of likely N-dealkylation sites (N-methyl/N-ethyl adjacent to an activating group) is 2. The van der Waals surface area contributed by atoms with Crippen molar-refractivity contribution in [2.75, 3.05) is 58.3 Å². The summed E-state index contributed by atoms with van der Waals surface area (Å²) in [4.78, 5) is 49.0. The van der Waals surface area contributed by atoms with Gasteiger partial charge in [0.2, 0.25) is 5.82 Å². The number of nitrogens with zero attached hydrogens (tertiary/aromatic N) is 5. The maximum absolute atomic E-state index is 13.5. The van der Waals surface area contributed by atoms with Crippen molar-refractivity contribution in [1.82, 2.24) is 15.1 Å². The Hall–Kier alpha value is -4.21. The predicted molar refractivity (Wildman–Crippen MR) is 177 cm³/mol. The van der Waals surface area contributed by atoms with Crippen molar-refractivity contribution in [3.63, 3.8) is 0 Å². The molecule has 3 N–H and O–H groups in total. The number of aliphatic carboxylic acids is 2. The highest BCUT2D eigenvalue weighted by atomic mass is 19.1. The number of hydrogen-bond donors (Lipinski definition) is 3. The van der Waals surface area contributed by atoms with Crippen LogP contribution in [0.4, 0.5) is 21.5 Å². The van der Waals surface area contributed by atoms with Crippen LogP contribution in [0.15, 0.2) is 0 Å². The smallest absolute Gasteiger partial charge is 0.327 e. The number of hydrogen-bond acceptors (Lipinski definition) is 10. The summed E-state index contributed by atoms with van der Waals surface area (Å²) in [5, 5.41) is 43.3. The second kappa shape index (κ2) is 16.1. The van der Waals surface area contributed by atoms with E-state index in [0.717, 1.165) is 40.9 Å². The fourth-order valence-electron chi connectivity index (χ4n) is 5.77. The summed E-state index contributed by atoms with van der Waals surface area (Å²) < 4.78 is 13.5. The van der Waals surface area contributed by atoms with Gasteiger partial charge >= 0.3 is 17.6 Å². The number of piperazine rings is 2. The predicted octanol–water partition coefficient (Wildman–Crippen LogP) is 3.98. The van der Waals surface area contributed by atoms with Gasteiger partial charge in [0.05, 0.1) is 9.85 Å². The highest BCUT2D eigenvalue weighted by molar-refractivity contribution is 5.83. The number of benzene rings is 2. The van der Waals surface area contributed by atoms with E-state index in [4.69, 9.17) is 5.11 Å². The Morgan fingerprint density at radius 1 is 0.702 bits per heavy atom. The van der Waals surface area contributed by atoms with Crippen LogP contribution in [0.3, 0.4) is 0 Å². The molecule has 0 radical (unpaired) electrons. The van der Waals surface area contributed by atoms with E-state index in [0.29, 0.717) is 48.6 Å². The molecule has 0 spiro atoms. The standard InChI is InChI=1S/C16H23N3O4.C10H12FNO2.C6H12N2O2/c1-9-10(2)12(4)15(19(22)23)14(11(9)3)18-7-6-17(5)8-13(18)16(20)21;1-5-6(2)8(4)10(12(13)14)9(11)7(5)3;1-8-3-2-7-5(4-8)6(9)10/h13H,6-8H2,1-5H3,(H,20,21);1-4H3;5,7H,2-4H2,1H3,(H,9,10). The second-order valence-electron chi connectivity index (χ2n) is 12.3. The lowest BCUT2D eigenvalue weighted by Crippen LogP contribution is -2.56. The van der Waals surface area contributed by atoms with Crippen molar-refractivity contribution < 1.29 is 34.0 Å². The Morgan fingerprint density at radius 3 is 1.62 bits per heavy atom. The number of nitrogens with one attached hydrogen (secondary N) is 1. The van der Waals surface area contributed by atoms with E-state index in [1.54, 1.807) is 39.5 Å². The van der Waals surface area contributed by atoms with Crippen LogP contribution in [0.2, 0.25) is 0 Å². The Morgan fingerprint density at radius 2 is 1.17 bits per heavy atom. The molecule has 0 saturated carbocycles. The lowest BCUT2D eigenvalue weighted by molar-refractivity contribution is -0.388. The molecule has 2 atom stereocenters. The number of halogens is 1. The van der Waals surface area contributed by atoms with Crippen molar-refractivity contribution in [3.8, 4) is 0 Å². The maximum atomic E-state index is 13.5. The van der Waals surface area contributed by atoms with Crippen LogP contribution in [0, 0.1) is 81.4 Å². The van der Waals surface area contributed by atoms with E-state index in [9.17, 15) is 39.3 Å². The first-order valence-corrected chi connectivity index (χ1v) is 15.2. The summed E-state index contributed by atoms with van der Waals surface area (Å²) >= 11 is 0. The van der Waals surface area contributed by atoms with Crippen LogP contribution in [-0.4, -0.2) is 107 Å². The average molecular weight is 663 g/mol. The molecule has 2 saturated heterocycles. The van der Waals surface area contributed by atoms with Gasteiger partial charge in [-0.15, -0.1) is 0 Å². The number of rotatable bonds is 5. The lowest BCUT2D eigenvalue weighted by Gasteiger charge is -2.40. The Kier molecular flexibility index (Phi) is 13.3. The zero-order chi connectivity index (χ0) is 36.1. The van der Waals surface area contributed by atoms with E-state index >= 15 is 0 Å². The third-order valence-corrected chi connectivity index (χ3v) is 9.40. The number of nitro groups is 2. The molecule has 2 unspecified atom stereocenters. The van der Waals surface area contributed by atoms with Crippen molar-refractivity contribution in [2.24, 2.45) is 0 Å². The van der Waals surface area contributed by atoms with E-state index in [1.807, 2.05) is 44.7 Å². The van der Waals surface area contributed by atoms with Gasteiger partial charge in [-0.2, -0.15) is 4.39 Å². The number of anilines is 1. The quantitative estimate of drug-likeness (QED) is 0.310. The average Bonchev–Trinajstić information content (AvgIpc) is 3.00. The van der Waals surface area contributed by atoms with Gasteiger partial charge in [0.15, 0.2) is 0 Å². The van der Waals surface area contributed by atoms with Crippen LogP contribution in [0.1, 0.15) is 44.5 Å². The van der Waals surface area contributed by atoms with E-state index in [-0.39, 0.29) is 16.7 Å². The summed E-state index contributed by atoms with van der Waals surface area (Å²) in [6, 6.07) is -1.16. The van der Waals surface area contributed by atoms with E-state index in [1.165, 1.54) is 0 Å². The normalized spacial score (nSPS) is 18.4. The number of nitro benzene ring substituents is 2. The first-order valence-electron chi connectivity index (χ1n) is 15.2. The van der Waals surface area contributed by atoms with Crippen molar-refractivity contribution in [3.05, 3.63) is 70.6 Å². The molecule has 2 aliphatic heterocycles. The molecule has 260 valence electrons. The summed E-state index contributed by atoms with van der Waals surface area (Å²) in [6.07, 6.45) is 0. The first kappa shape index (κ1) is 39.0. The van der Waals surface area contributed by atoms with Crippen LogP contribution < -0.4 is 10.2 Å². The fourth-order valence-corrected chi connectivity index (χ4v) is 5.77. The number of carboxylic acid groups (broad SMARTS) is 2. The molecule has 0 amide bonds. The zero-order valence-corrected chi connectivity index (χ0v) is 28.9. The summed E-state index contributed by atoms with van der Waals surface area (Å²) in [5.41, 5.74) is 5.69. The highest BCUT2D eigenvalue weighted by Gasteiger charge is 2.37. The molecule has 0 aromatic heterocycles. The largest absolute Gasteiger partial charge is 0.480 e. The van der Waals surface area contributed by atoms with Crippen LogP contribution >= 0.6 is 0 Å². The van der Waals surface area contributed by atoms with E-state index in [2.05, 4.69) is 5.32 Å². The lowest BCUT2D eigenvalue weighted by atomic mass is 9.94. The third kappa shape index (κ3) is 8.78. The Labute approximate surface area is 274 Å². The van der Waals surface area contributed by atoms with Gasteiger partial charge in [0, 0.05) is 50.4 Å². The molecule has 0 aliphatic carbocycles. The molecule has 2 aromatic carbocycles. The molecule has 2 aliphatic rings. The molecule has 47 heavy (non-hydrogen) atoms. The highest BCUT2D eigenvalue weighted by Crippen LogP contribution is 2.40. The summed E-state index contributed by atoms with van der Waals surface area (Å²) in [6.45, 7) is 17.8. The molecular formula is C32H47FN6O8. The number of carbonyl (C=O) groups is 2. The van der Waals surface area contributed by atoms with Gasteiger partial charge in [0.1, 0.15) is 17.8 Å². The van der Waals surface area contributed by atoms with Crippen LogP contribution in [-0.2, 0) is 9.59 Å². The van der Waals surface area contributed by atoms with Gasteiger partial charge in [0.25, 0.3) is 5.69 Å². The molecule has 14 nitrogen and oxygen atoms in total. The maximum Gasteiger partial charge on any atom is 0.327 e. The molecule has 2 fully saturated rings. The second-order valence-corrected chi connectivity index (χ2v) is 12.3. The minimum absolute atomic E-state index is 0.0291. The minimum atomic E-state index is -0.957. The fraction of sp³-hybridized carbons (Fsp3) is 0.562.